The number of aromatic amines is 1. The van der Waals surface area contributed by atoms with Gasteiger partial charge in [0.15, 0.2) is 0 Å². The first-order chi connectivity index (χ1) is 16.5. The number of aromatic nitrogens is 5. The molecule has 3 heterocycles. The van der Waals surface area contributed by atoms with Gasteiger partial charge in [0.25, 0.3) is 5.91 Å². The summed E-state index contributed by atoms with van der Waals surface area (Å²) in [6.45, 7) is 2.56. The maximum atomic E-state index is 15.3. The van der Waals surface area contributed by atoms with Crippen LogP contribution in [0.25, 0.3) is 5.69 Å². The summed E-state index contributed by atoms with van der Waals surface area (Å²) in [6, 6.07) is 4.15. The van der Waals surface area contributed by atoms with E-state index < -0.39 is 11.7 Å². The van der Waals surface area contributed by atoms with E-state index in [2.05, 4.69) is 20.6 Å². The fraction of sp³-hybridized carbons (Fsp3) is 0.500. The molecule has 3 aromatic rings. The van der Waals surface area contributed by atoms with E-state index in [-0.39, 0.29) is 28.8 Å². The van der Waals surface area contributed by atoms with Gasteiger partial charge in [0.2, 0.25) is 0 Å². The first-order valence-electron chi connectivity index (χ1n) is 12.0. The lowest BCUT2D eigenvalue weighted by atomic mass is 9.86. The molecule has 0 spiro atoms. The molecule has 2 N–H and O–H groups in total. The van der Waals surface area contributed by atoms with E-state index in [1.54, 1.807) is 10.6 Å². The summed E-state index contributed by atoms with van der Waals surface area (Å²) in [5.41, 5.74) is -0.346. The molecule has 0 unspecified atom stereocenters. The summed E-state index contributed by atoms with van der Waals surface area (Å²) < 4.78 is 24.3. The van der Waals surface area contributed by atoms with Gasteiger partial charge in [-0.05, 0) is 44.6 Å². The Morgan fingerprint density at radius 3 is 2.79 bits per heavy atom. The van der Waals surface area contributed by atoms with Gasteiger partial charge in [-0.15, -0.1) is 5.10 Å². The number of carbonyl (C=O) groups excluding carboxylic acids is 1. The number of nitrogens with one attached hydrogen (secondary N) is 2. The highest BCUT2D eigenvalue weighted by Crippen LogP contribution is 2.32. The molecule has 0 bridgehead atoms. The Morgan fingerprint density at radius 2 is 2.06 bits per heavy atom. The number of ether oxygens (including phenoxy) is 1. The molecular formula is C24H29FN6O3. The molecule has 2 aliphatic rings. The van der Waals surface area contributed by atoms with Crippen molar-refractivity contribution in [1.29, 1.82) is 0 Å². The Hall–Kier alpha value is -3.43. The summed E-state index contributed by atoms with van der Waals surface area (Å²) in [4.78, 5) is 26.0. The van der Waals surface area contributed by atoms with Crippen molar-refractivity contribution in [2.75, 3.05) is 5.32 Å². The summed E-state index contributed by atoms with van der Waals surface area (Å²) in [5.74, 6) is 0.369. The highest BCUT2D eigenvalue weighted by Gasteiger charge is 2.27. The second-order valence-corrected chi connectivity index (χ2v) is 9.16. The zero-order chi connectivity index (χ0) is 23.7. The van der Waals surface area contributed by atoms with Crippen molar-refractivity contribution in [3.05, 3.63) is 52.1 Å². The summed E-state index contributed by atoms with van der Waals surface area (Å²) in [5, 5.41) is 13.5. The van der Waals surface area contributed by atoms with Crippen LogP contribution in [0.15, 0.2) is 29.2 Å². The van der Waals surface area contributed by atoms with Crippen LogP contribution < -0.4 is 15.7 Å². The molecule has 1 saturated carbocycles. The van der Waals surface area contributed by atoms with Gasteiger partial charge >= 0.3 is 5.69 Å². The monoisotopic (exact) mass is 468 g/mol. The predicted octanol–water partition coefficient (Wildman–Crippen LogP) is 3.83. The van der Waals surface area contributed by atoms with Crippen LogP contribution in [0.4, 0.5) is 10.2 Å². The van der Waals surface area contributed by atoms with Crippen molar-refractivity contribution in [3.63, 3.8) is 0 Å². The van der Waals surface area contributed by atoms with Crippen LogP contribution >= 0.6 is 0 Å². The molecule has 2 aromatic heterocycles. The van der Waals surface area contributed by atoms with Crippen molar-refractivity contribution in [1.82, 2.24) is 24.5 Å². The number of amides is 1. The van der Waals surface area contributed by atoms with Gasteiger partial charge in [-0.2, -0.15) is 9.78 Å². The zero-order valence-electron chi connectivity index (χ0n) is 19.2. The van der Waals surface area contributed by atoms with Crippen LogP contribution in [0.3, 0.4) is 0 Å². The molecule has 1 aromatic carbocycles. The second-order valence-electron chi connectivity index (χ2n) is 9.16. The topological polar surface area (TPSA) is 107 Å². The third-order valence-corrected chi connectivity index (χ3v) is 6.87. The van der Waals surface area contributed by atoms with Gasteiger partial charge in [-0.1, -0.05) is 19.3 Å². The molecule has 1 aliphatic carbocycles. The van der Waals surface area contributed by atoms with Crippen LogP contribution in [-0.4, -0.2) is 36.6 Å². The third kappa shape index (κ3) is 4.36. The minimum absolute atomic E-state index is 0.0177. The number of rotatable bonds is 6. The maximum absolute atomic E-state index is 15.3. The summed E-state index contributed by atoms with van der Waals surface area (Å²) in [7, 11) is 0. The molecule has 0 radical (unpaired) electrons. The van der Waals surface area contributed by atoms with Crippen LogP contribution in [0.5, 0.6) is 5.75 Å². The molecule has 0 saturated heterocycles. The number of benzene rings is 1. The fourth-order valence-corrected chi connectivity index (χ4v) is 4.95. The lowest BCUT2D eigenvalue weighted by Crippen LogP contribution is -2.28. The number of aryl methyl sites for hydroxylation is 1. The maximum Gasteiger partial charge on any atom is 0.350 e. The van der Waals surface area contributed by atoms with E-state index in [1.807, 2.05) is 6.92 Å². The van der Waals surface area contributed by atoms with Gasteiger partial charge in [-0.3, -0.25) is 14.5 Å². The molecule has 1 fully saturated rings. The molecule has 1 atom stereocenters. The standard InChI is InChI=1S/C24H29FN6O3/c1-15(16-7-3-2-4-8-16)34-20-14-19(31-24(33)30-12-6-5-9-22(30)29-31)18(25)13-17(20)23(32)27-21-10-11-26-28-21/h10-11,13-16H,2-9,12H2,1H3,(H2,26,27,28,32)/t15-/m0/s1. The van der Waals surface area contributed by atoms with Gasteiger partial charge in [0.1, 0.15) is 28.9 Å². The molecule has 10 heteroatoms. The number of carbonyl (C=O) groups is 1. The van der Waals surface area contributed by atoms with Gasteiger partial charge in [-0.25, -0.2) is 9.18 Å². The number of H-pyrrole nitrogens is 1. The van der Waals surface area contributed by atoms with Gasteiger partial charge < -0.3 is 10.1 Å². The first kappa shape index (κ1) is 22.4. The molecule has 1 aliphatic heterocycles. The number of hydrogen-bond acceptors (Lipinski definition) is 5. The zero-order valence-corrected chi connectivity index (χ0v) is 19.2. The normalized spacial score (nSPS) is 17.2. The second kappa shape index (κ2) is 9.44. The Balaban J connectivity index is 1.53. The van der Waals surface area contributed by atoms with Crippen molar-refractivity contribution < 1.29 is 13.9 Å². The number of hydrogen-bond donors (Lipinski definition) is 2. The molecule has 1 amide bonds. The Labute approximate surface area is 196 Å². The van der Waals surface area contributed by atoms with Crippen LogP contribution in [-0.2, 0) is 13.0 Å². The molecule has 34 heavy (non-hydrogen) atoms. The molecule has 9 nitrogen and oxygen atoms in total. The third-order valence-electron chi connectivity index (χ3n) is 6.87. The van der Waals surface area contributed by atoms with E-state index >= 15 is 4.39 Å². The molecular weight excluding hydrogens is 439 g/mol. The van der Waals surface area contributed by atoms with Gasteiger partial charge in [0.05, 0.1) is 17.9 Å². The summed E-state index contributed by atoms with van der Waals surface area (Å²) in [6.07, 6.45) is 9.48. The Kier molecular flexibility index (Phi) is 6.21. The van der Waals surface area contributed by atoms with E-state index in [4.69, 9.17) is 4.74 Å². The number of fused-ring (bicyclic) bond motifs is 1. The lowest BCUT2D eigenvalue weighted by Gasteiger charge is -2.29. The first-order valence-corrected chi connectivity index (χ1v) is 12.0. The highest BCUT2D eigenvalue weighted by molar-refractivity contribution is 6.06. The minimum atomic E-state index is -0.718. The predicted molar refractivity (Wildman–Crippen MR) is 124 cm³/mol. The number of nitrogens with zero attached hydrogens (tertiary/aromatic N) is 4. The highest BCUT2D eigenvalue weighted by atomic mass is 19.1. The largest absolute Gasteiger partial charge is 0.490 e. The van der Waals surface area contributed by atoms with Crippen molar-refractivity contribution in [2.45, 2.75) is 70.9 Å². The molecule has 180 valence electrons. The van der Waals surface area contributed by atoms with Gasteiger partial charge in [0, 0.05) is 25.1 Å². The molecule has 5 rings (SSSR count). The van der Waals surface area contributed by atoms with E-state index in [0.717, 1.165) is 49.3 Å². The lowest BCUT2D eigenvalue weighted by molar-refractivity contribution is 0.0996. The van der Waals surface area contributed by atoms with Crippen LogP contribution in [0, 0.1) is 11.7 Å². The average Bonchev–Trinajstić information content (AvgIpc) is 3.48. The van der Waals surface area contributed by atoms with Crippen LogP contribution in [0.1, 0.15) is 68.1 Å². The Bertz CT molecular complexity index is 1230. The van der Waals surface area contributed by atoms with Crippen molar-refractivity contribution in [2.24, 2.45) is 5.92 Å². The average molecular weight is 469 g/mol. The minimum Gasteiger partial charge on any atom is -0.490 e. The fourth-order valence-electron chi connectivity index (χ4n) is 4.95. The smallest absolute Gasteiger partial charge is 0.350 e. The van der Waals surface area contributed by atoms with E-state index in [1.165, 1.54) is 18.7 Å². The quantitative estimate of drug-likeness (QED) is 0.572. The van der Waals surface area contributed by atoms with Crippen molar-refractivity contribution >= 4 is 11.7 Å². The van der Waals surface area contributed by atoms with Crippen LogP contribution in [0.2, 0.25) is 0 Å². The SMILES string of the molecule is C[C@H](Oc1cc(-n2nc3n(c2=O)CCCC3)c(F)cc1C(=O)Nc1ccn[nH]1)C1CCCCC1. The van der Waals surface area contributed by atoms with Crippen molar-refractivity contribution in [3.8, 4) is 11.4 Å². The van der Waals surface area contributed by atoms with E-state index in [0.29, 0.717) is 30.5 Å². The number of halogens is 1. The van der Waals surface area contributed by atoms with E-state index in [9.17, 15) is 9.59 Å². The Morgan fingerprint density at radius 1 is 1.24 bits per heavy atom. The number of anilines is 1. The summed E-state index contributed by atoms with van der Waals surface area (Å²) >= 11 is 0.